The number of aryl methyl sites for hydroxylation is 2. The smallest absolute Gasteiger partial charge is 0.240 e. The van der Waals surface area contributed by atoms with Gasteiger partial charge in [0.25, 0.3) is 0 Å². The Morgan fingerprint density at radius 3 is 2.73 bits per heavy atom. The molecule has 0 aliphatic heterocycles. The maximum Gasteiger partial charge on any atom is 0.240 e. The molecule has 1 aromatic heterocycles. The van der Waals surface area contributed by atoms with Crippen LogP contribution in [0.3, 0.4) is 0 Å². The van der Waals surface area contributed by atoms with Crippen molar-refractivity contribution >= 4 is 5.91 Å². The van der Waals surface area contributed by atoms with Gasteiger partial charge in [-0.2, -0.15) is 0 Å². The second-order valence-corrected chi connectivity index (χ2v) is 4.09. The summed E-state index contributed by atoms with van der Waals surface area (Å²) in [6.45, 7) is 4.03. The Kier molecular flexibility index (Phi) is 2.26. The van der Waals surface area contributed by atoms with Gasteiger partial charge in [-0.25, -0.2) is 4.98 Å². The number of nitrogens with zero attached hydrogens (tertiary/aromatic N) is 1. The number of hydrogen-bond donors (Lipinski definition) is 2. The molecule has 1 aliphatic rings. The lowest BCUT2D eigenvalue weighted by Crippen LogP contribution is -2.42. The third kappa shape index (κ3) is 2.02. The molecule has 0 spiro atoms. The molecule has 0 unspecified atom stereocenters. The summed E-state index contributed by atoms with van der Waals surface area (Å²) < 4.78 is 5.33. The van der Waals surface area contributed by atoms with E-state index in [9.17, 15) is 4.79 Å². The monoisotopic (exact) mass is 209 g/mol. The van der Waals surface area contributed by atoms with Crippen LogP contribution in [0.15, 0.2) is 4.42 Å². The zero-order chi connectivity index (χ0) is 11.1. The van der Waals surface area contributed by atoms with E-state index in [2.05, 4.69) is 10.3 Å². The summed E-state index contributed by atoms with van der Waals surface area (Å²) in [7, 11) is 0. The number of nitrogens with two attached hydrogens (primary N) is 1. The molecular weight excluding hydrogens is 194 g/mol. The molecule has 5 nitrogen and oxygen atoms in total. The molecule has 1 amide bonds. The molecule has 0 atom stereocenters. The lowest BCUT2D eigenvalue weighted by Gasteiger charge is -2.07. The minimum Gasteiger partial charge on any atom is -0.444 e. The summed E-state index contributed by atoms with van der Waals surface area (Å²) in [5.74, 6) is 1.20. The highest BCUT2D eigenvalue weighted by atomic mass is 16.4. The molecule has 2 rings (SSSR count). The molecule has 82 valence electrons. The molecule has 1 heterocycles. The molecule has 1 aliphatic carbocycles. The number of amides is 1. The minimum absolute atomic E-state index is 0.115. The Morgan fingerprint density at radius 1 is 1.60 bits per heavy atom. The molecule has 0 aromatic carbocycles. The van der Waals surface area contributed by atoms with Crippen LogP contribution in [0.2, 0.25) is 0 Å². The Balaban J connectivity index is 1.90. The highest BCUT2D eigenvalue weighted by Gasteiger charge is 2.45. The zero-order valence-corrected chi connectivity index (χ0v) is 8.96. The van der Waals surface area contributed by atoms with Crippen molar-refractivity contribution in [2.75, 3.05) is 0 Å². The van der Waals surface area contributed by atoms with E-state index in [1.165, 1.54) is 0 Å². The van der Waals surface area contributed by atoms with Crippen molar-refractivity contribution in [1.29, 1.82) is 0 Å². The van der Waals surface area contributed by atoms with Crippen molar-refractivity contribution in [2.45, 2.75) is 38.8 Å². The lowest BCUT2D eigenvalue weighted by atomic mass is 10.3. The zero-order valence-electron chi connectivity index (χ0n) is 8.96. The molecule has 0 radical (unpaired) electrons. The first-order valence-electron chi connectivity index (χ1n) is 5.01. The topological polar surface area (TPSA) is 81.2 Å². The molecule has 0 saturated heterocycles. The van der Waals surface area contributed by atoms with Crippen molar-refractivity contribution < 1.29 is 9.21 Å². The average Bonchev–Trinajstić information content (AvgIpc) is 2.85. The molecular formula is C10H15N3O2. The SMILES string of the molecule is Cc1nc(CNC(=O)C2(N)CC2)oc1C. The van der Waals surface area contributed by atoms with Crippen molar-refractivity contribution in [3.8, 4) is 0 Å². The fourth-order valence-corrected chi connectivity index (χ4v) is 1.31. The number of nitrogens with one attached hydrogen (secondary N) is 1. The van der Waals surface area contributed by atoms with Gasteiger partial charge in [-0.1, -0.05) is 0 Å². The number of hydrogen-bond acceptors (Lipinski definition) is 4. The van der Waals surface area contributed by atoms with Crippen LogP contribution < -0.4 is 11.1 Å². The number of oxazole rings is 1. The van der Waals surface area contributed by atoms with Crippen LogP contribution in [-0.2, 0) is 11.3 Å². The van der Waals surface area contributed by atoms with Crippen molar-refractivity contribution in [1.82, 2.24) is 10.3 Å². The van der Waals surface area contributed by atoms with Gasteiger partial charge in [0.1, 0.15) is 5.76 Å². The summed E-state index contributed by atoms with van der Waals surface area (Å²) in [5, 5.41) is 2.72. The van der Waals surface area contributed by atoms with E-state index in [0.29, 0.717) is 12.4 Å². The van der Waals surface area contributed by atoms with E-state index >= 15 is 0 Å². The van der Waals surface area contributed by atoms with Crippen LogP contribution in [0.1, 0.15) is 30.2 Å². The van der Waals surface area contributed by atoms with Crippen molar-refractivity contribution in [2.24, 2.45) is 5.73 Å². The van der Waals surface area contributed by atoms with Crippen LogP contribution in [-0.4, -0.2) is 16.4 Å². The van der Waals surface area contributed by atoms with Gasteiger partial charge >= 0.3 is 0 Å². The quantitative estimate of drug-likeness (QED) is 0.755. The summed E-state index contributed by atoms with van der Waals surface area (Å²) in [6, 6.07) is 0. The predicted octanol–water partition coefficient (Wildman–Crippen LogP) is 0.399. The van der Waals surface area contributed by atoms with Gasteiger partial charge in [0.2, 0.25) is 11.8 Å². The average molecular weight is 209 g/mol. The Labute approximate surface area is 88.0 Å². The molecule has 1 aromatic rings. The van der Waals surface area contributed by atoms with Crippen LogP contribution in [0.25, 0.3) is 0 Å². The number of carbonyl (C=O) groups excluding carboxylic acids is 1. The Morgan fingerprint density at radius 2 is 2.27 bits per heavy atom. The van der Waals surface area contributed by atoms with Gasteiger partial charge in [0, 0.05) is 0 Å². The maximum absolute atomic E-state index is 11.5. The van der Waals surface area contributed by atoms with Crippen molar-refractivity contribution in [3.05, 3.63) is 17.3 Å². The number of carbonyl (C=O) groups is 1. The summed E-state index contributed by atoms with van der Waals surface area (Å²) in [4.78, 5) is 15.6. The van der Waals surface area contributed by atoms with Gasteiger partial charge in [0.05, 0.1) is 17.8 Å². The van der Waals surface area contributed by atoms with E-state index in [-0.39, 0.29) is 5.91 Å². The van der Waals surface area contributed by atoms with Crippen LogP contribution in [0, 0.1) is 13.8 Å². The third-order valence-corrected chi connectivity index (χ3v) is 2.71. The van der Waals surface area contributed by atoms with Gasteiger partial charge in [-0.3, -0.25) is 4.79 Å². The minimum atomic E-state index is -0.628. The Bertz CT molecular complexity index is 374. The standard InChI is InChI=1S/C10H15N3O2/c1-6-7(2)15-8(13-6)5-12-9(14)10(11)3-4-10/h3-5,11H2,1-2H3,(H,12,14). The van der Waals surface area contributed by atoms with Gasteiger partial charge < -0.3 is 15.5 Å². The molecule has 3 N–H and O–H groups in total. The Hall–Kier alpha value is -1.36. The highest BCUT2D eigenvalue weighted by Crippen LogP contribution is 2.32. The highest BCUT2D eigenvalue weighted by molar-refractivity contribution is 5.88. The number of rotatable bonds is 3. The summed E-state index contributed by atoms with van der Waals surface area (Å²) in [5.41, 5.74) is 5.95. The molecule has 1 saturated carbocycles. The first-order chi connectivity index (χ1) is 7.01. The first kappa shape index (κ1) is 10.2. The molecule has 1 fully saturated rings. The van der Waals surface area contributed by atoms with E-state index in [1.807, 2.05) is 13.8 Å². The summed E-state index contributed by atoms with van der Waals surface area (Å²) >= 11 is 0. The fourth-order valence-electron chi connectivity index (χ4n) is 1.31. The van der Waals surface area contributed by atoms with Gasteiger partial charge in [-0.15, -0.1) is 0 Å². The molecule has 5 heteroatoms. The van der Waals surface area contributed by atoms with E-state index < -0.39 is 5.54 Å². The normalized spacial score (nSPS) is 17.5. The van der Waals surface area contributed by atoms with Crippen LogP contribution in [0.4, 0.5) is 0 Å². The fraction of sp³-hybridized carbons (Fsp3) is 0.600. The maximum atomic E-state index is 11.5. The molecule has 15 heavy (non-hydrogen) atoms. The molecule has 0 bridgehead atoms. The van der Waals surface area contributed by atoms with Crippen LogP contribution in [0.5, 0.6) is 0 Å². The van der Waals surface area contributed by atoms with Crippen molar-refractivity contribution in [3.63, 3.8) is 0 Å². The summed E-state index contributed by atoms with van der Waals surface area (Å²) in [6.07, 6.45) is 1.53. The van der Waals surface area contributed by atoms with Gasteiger partial charge in [0.15, 0.2) is 0 Å². The second kappa shape index (κ2) is 3.34. The van der Waals surface area contributed by atoms with Crippen LogP contribution >= 0.6 is 0 Å². The van der Waals surface area contributed by atoms with E-state index in [4.69, 9.17) is 10.2 Å². The lowest BCUT2D eigenvalue weighted by molar-refractivity contribution is -0.123. The first-order valence-corrected chi connectivity index (χ1v) is 5.01. The van der Waals surface area contributed by atoms with E-state index in [1.54, 1.807) is 0 Å². The van der Waals surface area contributed by atoms with E-state index in [0.717, 1.165) is 24.3 Å². The predicted molar refractivity (Wildman–Crippen MR) is 54.0 cm³/mol. The van der Waals surface area contributed by atoms with Gasteiger partial charge in [-0.05, 0) is 26.7 Å². The third-order valence-electron chi connectivity index (χ3n) is 2.71. The largest absolute Gasteiger partial charge is 0.444 e. The number of aromatic nitrogens is 1. The second-order valence-electron chi connectivity index (χ2n) is 4.09.